The van der Waals surface area contributed by atoms with Gasteiger partial charge in [-0.2, -0.15) is 0 Å². The van der Waals surface area contributed by atoms with Gasteiger partial charge in [0.2, 0.25) is 0 Å². The second kappa shape index (κ2) is 5.46. The Morgan fingerprint density at radius 2 is 2.11 bits per heavy atom. The molecule has 104 valence electrons. The van der Waals surface area contributed by atoms with Gasteiger partial charge in [0.05, 0.1) is 4.88 Å². The van der Waals surface area contributed by atoms with Gasteiger partial charge in [-0.25, -0.2) is 0 Å². The van der Waals surface area contributed by atoms with Gasteiger partial charge in [0.25, 0.3) is 5.91 Å². The standard InChI is InChI=1S/C14H20N2OS2/c1-16-10-3-2-4-11(16)6-9(5-10)15-14(17)13-7-12(18)8-19-13/h7-11,18H,2-6H2,1H3,(H,15,17). The molecule has 5 heteroatoms. The predicted molar refractivity (Wildman–Crippen MR) is 81.2 cm³/mol. The Kier molecular flexibility index (Phi) is 3.87. The highest BCUT2D eigenvalue weighted by Gasteiger charge is 2.36. The summed E-state index contributed by atoms with van der Waals surface area (Å²) >= 11 is 5.72. The van der Waals surface area contributed by atoms with Crippen molar-refractivity contribution in [2.75, 3.05) is 7.05 Å². The summed E-state index contributed by atoms with van der Waals surface area (Å²) in [5.74, 6) is 0.0675. The van der Waals surface area contributed by atoms with Crippen LogP contribution >= 0.6 is 24.0 Å². The second-order valence-corrected chi connectivity index (χ2v) is 7.14. The van der Waals surface area contributed by atoms with Crippen LogP contribution < -0.4 is 5.32 Å². The van der Waals surface area contributed by atoms with Gasteiger partial charge in [-0.3, -0.25) is 4.79 Å². The first-order chi connectivity index (χ1) is 9.13. The number of thiol groups is 1. The van der Waals surface area contributed by atoms with E-state index in [4.69, 9.17) is 0 Å². The summed E-state index contributed by atoms with van der Waals surface area (Å²) in [6.45, 7) is 0. The first-order valence-corrected chi connectivity index (χ1v) is 8.26. The maximum Gasteiger partial charge on any atom is 0.261 e. The van der Waals surface area contributed by atoms with Crippen molar-refractivity contribution < 1.29 is 4.79 Å². The molecule has 0 spiro atoms. The Morgan fingerprint density at radius 1 is 1.42 bits per heavy atom. The van der Waals surface area contributed by atoms with Gasteiger partial charge in [-0.05, 0) is 38.8 Å². The van der Waals surface area contributed by atoms with Crippen LogP contribution in [0.2, 0.25) is 0 Å². The maximum absolute atomic E-state index is 12.2. The summed E-state index contributed by atoms with van der Waals surface area (Å²) in [5, 5.41) is 5.11. The van der Waals surface area contributed by atoms with Crippen LogP contribution in [-0.2, 0) is 0 Å². The molecule has 19 heavy (non-hydrogen) atoms. The van der Waals surface area contributed by atoms with Gasteiger partial charge in [-0.1, -0.05) is 6.42 Å². The Hall–Kier alpha value is -0.520. The molecular formula is C14H20N2OS2. The minimum atomic E-state index is 0.0675. The lowest BCUT2D eigenvalue weighted by Gasteiger charge is -2.47. The molecule has 1 N–H and O–H groups in total. The third-order valence-corrected chi connectivity index (χ3v) is 5.85. The van der Waals surface area contributed by atoms with E-state index < -0.39 is 0 Å². The number of fused-ring (bicyclic) bond motifs is 2. The Labute approximate surface area is 123 Å². The molecular weight excluding hydrogens is 276 g/mol. The number of carbonyl (C=O) groups excluding carboxylic acids is 1. The average Bonchev–Trinajstić information content (AvgIpc) is 2.77. The highest BCUT2D eigenvalue weighted by molar-refractivity contribution is 7.80. The predicted octanol–water partition coefficient (Wildman–Crippen LogP) is 2.78. The smallest absolute Gasteiger partial charge is 0.261 e. The molecule has 3 heterocycles. The average molecular weight is 296 g/mol. The van der Waals surface area contributed by atoms with E-state index in [1.54, 1.807) is 0 Å². The van der Waals surface area contributed by atoms with Crippen LogP contribution in [0.3, 0.4) is 0 Å². The number of rotatable bonds is 2. The summed E-state index contributed by atoms with van der Waals surface area (Å²) in [7, 11) is 2.24. The Morgan fingerprint density at radius 3 is 2.68 bits per heavy atom. The Balaban J connectivity index is 1.63. The number of piperidine rings is 2. The molecule has 2 bridgehead atoms. The molecule has 3 nitrogen and oxygen atoms in total. The third kappa shape index (κ3) is 2.83. The van der Waals surface area contributed by atoms with E-state index in [9.17, 15) is 4.79 Å². The molecule has 1 aromatic heterocycles. The van der Waals surface area contributed by atoms with Crippen LogP contribution in [0, 0.1) is 0 Å². The SMILES string of the molecule is CN1C2CCCC1CC(NC(=O)c1cc(S)cs1)C2. The molecule has 0 saturated carbocycles. The topological polar surface area (TPSA) is 32.3 Å². The van der Waals surface area contributed by atoms with Crippen molar-refractivity contribution in [3.8, 4) is 0 Å². The first kappa shape index (κ1) is 13.5. The minimum absolute atomic E-state index is 0.0675. The molecule has 1 aromatic rings. The van der Waals surface area contributed by atoms with E-state index in [0.717, 1.165) is 22.6 Å². The molecule has 0 aliphatic carbocycles. The normalized spacial score (nSPS) is 31.2. The summed E-state index contributed by atoms with van der Waals surface area (Å²) < 4.78 is 0. The monoisotopic (exact) mass is 296 g/mol. The number of amides is 1. The van der Waals surface area contributed by atoms with Crippen molar-refractivity contribution >= 4 is 29.9 Å². The van der Waals surface area contributed by atoms with Crippen molar-refractivity contribution in [2.45, 2.75) is 55.1 Å². The molecule has 2 aliphatic rings. The summed E-state index contributed by atoms with van der Waals surface area (Å²) in [5.41, 5.74) is 0. The molecule has 1 amide bonds. The van der Waals surface area contributed by atoms with Crippen LogP contribution in [-0.4, -0.2) is 36.0 Å². The van der Waals surface area contributed by atoms with Gasteiger partial charge in [0.1, 0.15) is 0 Å². The zero-order chi connectivity index (χ0) is 13.4. The first-order valence-electron chi connectivity index (χ1n) is 6.94. The van der Waals surface area contributed by atoms with Crippen molar-refractivity contribution in [3.63, 3.8) is 0 Å². The van der Waals surface area contributed by atoms with E-state index in [1.807, 2.05) is 11.4 Å². The minimum Gasteiger partial charge on any atom is -0.348 e. The van der Waals surface area contributed by atoms with E-state index in [-0.39, 0.29) is 5.91 Å². The largest absolute Gasteiger partial charge is 0.348 e. The van der Waals surface area contributed by atoms with Gasteiger partial charge >= 0.3 is 0 Å². The number of nitrogens with one attached hydrogen (secondary N) is 1. The third-order valence-electron chi connectivity index (χ3n) is 4.48. The van der Waals surface area contributed by atoms with Crippen molar-refractivity contribution in [1.29, 1.82) is 0 Å². The van der Waals surface area contributed by atoms with Crippen molar-refractivity contribution in [1.82, 2.24) is 10.2 Å². The highest BCUT2D eigenvalue weighted by Crippen LogP contribution is 2.32. The fraction of sp³-hybridized carbons (Fsp3) is 0.643. The molecule has 2 atom stereocenters. The molecule has 2 saturated heterocycles. The zero-order valence-electron chi connectivity index (χ0n) is 11.1. The number of nitrogens with zero attached hydrogens (tertiary/aromatic N) is 1. The molecule has 2 fully saturated rings. The van der Waals surface area contributed by atoms with Crippen LogP contribution in [0.25, 0.3) is 0 Å². The summed E-state index contributed by atoms with van der Waals surface area (Å²) in [6, 6.07) is 3.49. The second-order valence-electron chi connectivity index (χ2n) is 5.71. The molecule has 2 unspecified atom stereocenters. The van der Waals surface area contributed by atoms with Crippen LogP contribution in [0.5, 0.6) is 0 Å². The number of carbonyl (C=O) groups is 1. The Bertz CT molecular complexity index is 460. The maximum atomic E-state index is 12.2. The van der Waals surface area contributed by atoms with Crippen molar-refractivity contribution in [3.05, 3.63) is 16.3 Å². The van der Waals surface area contributed by atoms with Crippen LogP contribution in [0.4, 0.5) is 0 Å². The summed E-state index contributed by atoms with van der Waals surface area (Å²) in [6.07, 6.45) is 6.09. The quantitative estimate of drug-likeness (QED) is 0.823. The van der Waals surface area contributed by atoms with Gasteiger partial charge < -0.3 is 10.2 Å². The lowest BCUT2D eigenvalue weighted by molar-refractivity contribution is 0.0464. The number of hydrogen-bond donors (Lipinski definition) is 2. The summed E-state index contributed by atoms with van der Waals surface area (Å²) in [4.78, 5) is 16.3. The van der Waals surface area contributed by atoms with E-state index >= 15 is 0 Å². The van der Waals surface area contributed by atoms with Gasteiger partial charge in [0, 0.05) is 28.4 Å². The lowest BCUT2D eigenvalue weighted by atomic mass is 9.82. The fourth-order valence-electron chi connectivity index (χ4n) is 3.44. The molecule has 0 aromatic carbocycles. The van der Waals surface area contributed by atoms with E-state index in [1.165, 1.54) is 30.6 Å². The molecule has 0 radical (unpaired) electrons. The van der Waals surface area contributed by atoms with Gasteiger partial charge in [-0.15, -0.1) is 24.0 Å². The number of hydrogen-bond acceptors (Lipinski definition) is 4. The van der Waals surface area contributed by atoms with Crippen LogP contribution in [0.1, 0.15) is 41.8 Å². The van der Waals surface area contributed by atoms with E-state index in [2.05, 4.69) is 29.9 Å². The number of thiophene rings is 1. The van der Waals surface area contributed by atoms with Crippen LogP contribution in [0.15, 0.2) is 16.3 Å². The van der Waals surface area contributed by atoms with Gasteiger partial charge in [0.15, 0.2) is 0 Å². The van der Waals surface area contributed by atoms with Crippen molar-refractivity contribution in [2.24, 2.45) is 0 Å². The van der Waals surface area contributed by atoms with E-state index in [0.29, 0.717) is 18.1 Å². The zero-order valence-corrected chi connectivity index (χ0v) is 12.8. The molecule has 2 aliphatic heterocycles. The fourth-order valence-corrected chi connectivity index (χ4v) is 4.49. The molecule has 3 rings (SSSR count). The lowest BCUT2D eigenvalue weighted by Crippen LogP contribution is -2.55. The highest BCUT2D eigenvalue weighted by atomic mass is 32.1.